The monoisotopic (exact) mass is 224 g/mol. The Morgan fingerprint density at radius 3 is 2.31 bits per heavy atom. The fourth-order valence-electron chi connectivity index (χ4n) is 0.722. The lowest BCUT2D eigenvalue weighted by molar-refractivity contribution is -0.145. The van der Waals surface area contributed by atoms with Crippen molar-refractivity contribution >= 4 is 29.2 Å². The van der Waals surface area contributed by atoms with Crippen LogP contribution in [0.25, 0.3) is 0 Å². The van der Waals surface area contributed by atoms with Crippen LogP contribution in [0, 0.1) is 0 Å². The number of carbonyl (C=O) groups is 1. The molecular weight excluding hydrogens is 211 g/mol. The van der Waals surface area contributed by atoms with Crippen molar-refractivity contribution in [1.82, 2.24) is 0 Å². The summed E-state index contributed by atoms with van der Waals surface area (Å²) in [4.78, 5) is 10.2. The van der Waals surface area contributed by atoms with E-state index in [0.29, 0.717) is 6.42 Å². The molecule has 0 N–H and O–H groups in total. The maximum atomic E-state index is 10.9. The quantitative estimate of drug-likeness (QED) is 0.417. The van der Waals surface area contributed by atoms with Gasteiger partial charge in [-0.15, -0.1) is 23.2 Å². The fourth-order valence-corrected chi connectivity index (χ4v) is 0.970. The number of hydrogen-bond acceptors (Lipinski definition) is 2. The van der Waals surface area contributed by atoms with Crippen molar-refractivity contribution in [1.29, 1.82) is 0 Å². The lowest BCUT2D eigenvalue weighted by atomic mass is 10.2. The second-order valence-electron chi connectivity index (χ2n) is 2.89. The first-order valence-electron chi connectivity index (χ1n) is 4.10. The summed E-state index contributed by atoms with van der Waals surface area (Å²) in [6, 6.07) is 0. The molecule has 1 unspecified atom stereocenters. The highest BCUT2D eigenvalue weighted by Gasteiger charge is 2.17. The number of allylic oxidation sites excluding steroid dienone is 1. The third-order valence-electron chi connectivity index (χ3n) is 1.30. The molecule has 2 nitrogen and oxygen atoms in total. The van der Waals surface area contributed by atoms with Crippen LogP contribution in [0.4, 0.5) is 0 Å². The van der Waals surface area contributed by atoms with Crippen molar-refractivity contribution in [3.63, 3.8) is 0 Å². The van der Waals surface area contributed by atoms with Gasteiger partial charge in [-0.25, -0.2) is 0 Å². The lowest BCUT2D eigenvalue weighted by Crippen LogP contribution is -2.22. The molecular formula is C9H14Cl2O2. The molecule has 0 aromatic heterocycles. The highest BCUT2D eigenvalue weighted by atomic mass is 35.5. The maximum absolute atomic E-state index is 10.9. The van der Waals surface area contributed by atoms with Crippen molar-refractivity contribution in [2.24, 2.45) is 0 Å². The maximum Gasteiger partial charge on any atom is 0.306 e. The first-order valence-corrected chi connectivity index (χ1v) is 4.97. The zero-order valence-corrected chi connectivity index (χ0v) is 9.52. The summed E-state index contributed by atoms with van der Waals surface area (Å²) in [7, 11) is 0. The van der Waals surface area contributed by atoms with Crippen LogP contribution >= 0.6 is 23.2 Å². The van der Waals surface area contributed by atoms with E-state index < -0.39 is 10.9 Å². The van der Waals surface area contributed by atoms with E-state index >= 15 is 0 Å². The standard InChI is InChI=1S/C9H14Cl2O2/c1-4-8(12)13-7(9(10)11)5-6(2)3/h5,7,9H,4H2,1-3H3. The van der Waals surface area contributed by atoms with Gasteiger partial charge in [0.05, 0.1) is 0 Å². The molecule has 0 rings (SSSR count). The van der Waals surface area contributed by atoms with Crippen LogP contribution in [-0.4, -0.2) is 16.9 Å². The Labute approximate surface area is 88.9 Å². The molecule has 0 aromatic carbocycles. The van der Waals surface area contributed by atoms with Crippen LogP contribution < -0.4 is 0 Å². The van der Waals surface area contributed by atoms with E-state index in [1.807, 2.05) is 13.8 Å². The summed E-state index contributed by atoms with van der Waals surface area (Å²) in [5.41, 5.74) is 1.01. The van der Waals surface area contributed by atoms with Crippen molar-refractivity contribution in [2.45, 2.75) is 38.1 Å². The number of carbonyl (C=O) groups excluding carboxylic acids is 1. The molecule has 0 fully saturated rings. The normalized spacial score (nSPS) is 12.5. The number of ether oxygens (including phenoxy) is 1. The highest BCUT2D eigenvalue weighted by Crippen LogP contribution is 2.15. The van der Waals surface area contributed by atoms with Gasteiger partial charge in [-0.3, -0.25) is 4.79 Å². The first kappa shape index (κ1) is 12.8. The molecule has 0 aliphatic heterocycles. The summed E-state index contributed by atoms with van der Waals surface area (Å²) < 4.78 is 4.99. The summed E-state index contributed by atoms with van der Waals surface area (Å²) >= 11 is 11.3. The minimum Gasteiger partial charge on any atom is -0.455 e. The summed E-state index contributed by atoms with van der Waals surface area (Å²) in [6.07, 6.45) is 1.52. The average molecular weight is 225 g/mol. The van der Waals surface area contributed by atoms with Gasteiger partial charge in [0.1, 0.15) is 4.84 Å². The molecule has 0 saturated carbocycles. The van der Waals surface area contributed by atoms with Crippen molar-refractivity contribution in [3.05, 3.63) is 11.6 Å². The molecule has 13 heavy (non-hydrogen) atoms. The number of hydrogen-bond donors (Lipinski definition) is 0. The van der Waals surface area contributed by atoms with Gasteiger partial charge in [0.25, 0.3) is 0 Å². The lowest BCUT2D eigenvalue weighted by Gasteiger charge is -2.15. The Morgan fingerprint density at radius 2 is 2.00 bits per heavy atom. The molecule has 0 saturated heterocycles. The van der Waals surface area contributed by atoms with Gasteiger partial charge < -0.3 is 4.74 Å². The van der Waals surface area contributed by atoms with E-state index in [0.717, 1.165) is 5.57 Å². The van der Waals surface area contributed by atoms with Crippen LogP contribution in [0.3, 0.4) is 0 Å². The third-order valence-corrected chi connectivity index (χ3v) is 1.80. The number of alkyl halides is 2. The molecule has 76 valence electrons. The van der Waals surface area contributed by atoms with E-state index in [9.17, 15) is 4.79 Å². The minimum atomic E-state index is -0.717. The van der Waals surface area contributed by atoms with E-state index in [2.05, 4.69) is 0 Å². The van der Waals surface area contributed by atoms with Crippen molar-refractivity contribution in [3.8, 4) is 0 Å². The summed E-state index contributed by atoms with van der Waals surface area (Å²) in [6.45, 7) is 5.51. The smallest absolute Gasteiger partial charge is 0.306 e. The minimum absolute atomic E-state index is 0.297. The SMILES string of the molecule is CCC(=O)OC(C=C(C)C)C(Cl)Cl. The van der Waals surface area contributed by atoms with Crippen LogP contribution in [0.1, 0.15) is 27.2 Å². The Hall–Kier alpha value is -0.210. The molecule has 0 spiro atoms. The Balaban J connectivity index is 4.27. The van der Waals surface area contributed by atoms with E-state index in [1.165, 1.54) is 0 Å². The predicted molar refractivity (Wildman–Crippen MR) is 55.1 cm³/mol. The van der Waals surface area contributed by atoms with Gasteiger partial charge in [-0.2, -0.15) is 0 Å². The molecule has 0 heterocycles. The molecule has 0 aromatic rings. The molecule has 0 radical (unpaired) electrons. The van der Waals surface area contributed by atoms with Crippen molar-refractivity contribution < 1.29 is 9.53 Å². The summed E-state index contributed by atoms with van der Waals surface area (Å²) in [5, 5.41) is 0. The topological polar surface area (TPSA) is 26.3 Å². The number of halogens is 2. The van der Waals surface area contributed by atoms with E-state index in [1.54, 1.807) is 13.0 Å². The molecule has 4 heteroatoms. The van der Waals surface area contributed by atoms with Crippen LogP contribution in [0.15, 0.2) is 11.6 Å². The Kier molecular flexibility index (Phi) is 6.17. The zero-order valence-electron chi connectivity index (χ0n) is 8.01. The van der Waals surface area contributed by atoms with Gasteiger partial charge in [-0.05, 0) is 19.9 Å². The second-order valence-corrected chi connectivity index (χ2v) is 4.05. The van der Waals surface area contributed by atoms with Gasteiger partial charge >= 0.3 is 5.97 Å². The first-order chi connectivity index (χ1) is 5.97. The fraction of sp³-hybridized carbons (Fsp3) is 0.667. The van der Waals surface area contributed by atoms with Crippen LogP contribution in [-0.2, 0) is 9.53 Å². The third kappa shape index (κ3) is 5.94. The van der Waals surface area contributed by atoms with Crippen LogP contribution in [0.2, 0.25) is 0 Å². The predicted octanol–water partition coefficient (Wildman–Crippen LogP) is 3.08. The summed E-state index contributed by atoms with van der Waals surface area (Å²) in [5.74, 6) is -0.297. The molecule has 0 amide bonds. The number of rotatable bonds is 4. The second kappa shape index (κ2) is 6.28. The average Bonchev–Trinajstić information content (AvgIpc) is 2.02. The Morgan fingerprint density at radius 1 is 1.46 bits per heavy atom. The zero-order chi connectivity index (χ0) is 10.4. The number of esters is 1. The molecule has 0 bridgehead atoms. The van der Waals surface area contributed by atoms with Gasteiger partial charge in [0, 0.05) is 6.42 Å². The van der Waals surface area contributed by atoms with Crippen LogP contribution in [0.5, 0.6) is 0 Å². The van der Waals surface area contributed by atoms with Gasteiger partial charge in [-0.1, -0.05) is 12.5 Å². The largest absolute Gasteiger partial charge is 0.455 e. The molecule has 0 aliphatic rings. The van der Waals surface area contributed by atoms with E-state index in [4.69, 9.17) is 27.9 Å². The van der Waals surface area contributed by atoms with E-state index in [-0.39, 0.29) is 5.97 Å². The van der Waals surface area contributed by atoms with Crippen molar-refractivity contribution in [2.75, 3.05) is 0 Å². The highest BCUT2D eigenvalue weighted by molar-refractivity contribution is 6.44. The Bertz CT molecular complexity index is 196. The molecule has 1 atom stereocenters. The molecule has 0 aliphatic carbocycles. The van der Waals surface area contributed by atoms with Gasteiger partial charge in [0.2, 0.25) is 0 Å². The van der Waals surface area contributed by atoms with Gasteiger partial charge in [0.15, 0.2) is 6.10 Å².